The molecule has 0 heterocycles. The van der Waals surface area contributed by atoms with Gasteiger partial charge in [-0.15, -0.1) is 0 Å². The average Bonchev–Trinajstić information content (AvgIpc) is 1.90. The van der Waals surface area contributed by atoms with Crippen LogP contribution in [-0.4, -0.2) is 33.2 Å². The summed E-state index contributed by atoms with van der Waals surface area (Å²) in [5.41, 5.74) is 10.1. The molecule has 0 aliphatic carbocycles. The van der Waals surface area contributed by atoms with Gasteiger partial charge in [-0.25, -0.2) is 0 Å². The van der Waals surface area contributed by atoms with E-state index in [4.69, 9.17) is 16.0 Å². The molecule has 70 valence electrons. The van der Waals surface area contributed by atoms with E-state index < -0.39 is 10.4 Å². The van der Waals surface area contributed by atoms with Gasteiger partial charge in [0.25, 0.3) is 0 Å². The lowest BCUT2D eigenvalue weighted by Crippen LogP contribution is -2.06. The van der Waals surface area contributed by atoms with E-state index in [0.29, 0.717) is 0 Å². The molecule has 0 aromatic heterocycles. The molecule has 0 rings (SSSR count). The quantitative estimate of drug-likeness (QED) is 0.473. The second kappa shape index (κ2) is 7.89. The van der Waals surface area contributed by atoms with Crippen molar-refractivity contribution in [2.45, 2.75) is 6.42 Å². The fourth-order valence-corrected chi connectivity index (χ4v) is 0.118. The third-order valence-electron chi connectivity index (χ3n) is 0.619. The van der Waals surface area contributed by atoms with Gasteiger partial charge < -0.3 is 11.5 Å². The molecule has 0 saturated heterocycles. The van der Waals surface area contributed by atoms with Crippen molar-refractivity contribution in [1.29, 1.82) is 0 Å². The zero-order chi connectivity index (χ0) is 9.33. The molecule has 5 N–H and O–H groups in total. The Morgan fingerprint density at radius 2 is 1.64 bits per heavy atom. The summed E-state index contributed by atoms with van der Waals surface area (Å²) in [6, 6.07) is 0. The van der Waals surface area contributed by atoms with E-state index >= 15 is 0 Å². The Balaban J connectivity index is 0. The van der Waals surface area contributed by atoms with Crippen LogP contribution in [0.25, 0.3) is 0 Å². The molecule has 0 amide bonds. The van der Waals surface area contributed by atoms with Crippen LogP contribution in [0.4, 0.5) is 0 Å². The van der Waals surface area contributed by atoms with Crippen molar-refractivity contribution in [3.63, 3.8) is 0 Å². The standard InChI is InChI=1S/C3H10N2.CH4O4S/c4-2-1-3-5;1-5-6(2,3)4/h1-5H2;1H3,(H,2,3,4). The maximum absolute atomic E-state index is 9.33. The van der Waals surface area contributed by atoms with E-state index in [1.54, 1.807) is 0 Å². The van der Waals surface area contributed by atoms with Crippen LogP contribution in [0.1, 0.15) is 6.42 Å². The van der Waals surface area contributed by atoms with E-state index in [2.05, 4.69) is 4.18 Å². The van der Waals surface area contributed by atoms with Gasteiger partial charge in [0.05, 0.1) is 7.11 Å². The van der Waals surface area contributed by atoms with Crippen molar-refractivity contribution in [3.8, 4) is 0 Å². The first-order valence-corrected chi connectivity index (χ1v) is 4.27. The Morgan fingerprint density at radius 1 is 1.36 bits per heavy atom. The summed E-state index contributed by atoms with van der Waals surface area (Å²) in [6.07, 6.45) is 0.944. The van der Waals surface area contributed by atoms with Gasteiger partial charge in [-0.2, -0.15) is 8.42 Å². The monoisotopic (exact) mass is 186 g/mol. The molecule has 0 aliphatic heterocycles. The summed E-state index contributed by atoms with van der Waals surface area (Å²) >= 11 is 0. The van der Waals surface area contributed by atoms with Crippen molar-refractivity contribution < 1.29 is 17.2 Å². The summed E-state index contributed by atoms with van der Waals surface area (Å²) < 4.78 is 29.7. The highest BCUT2D eigenvalue weighted by atomic mass is 32.3. The van der Waals surface area contributed by atoms with Gasteiger partial charge in [0.1, 0.15) is 0 Å². The molecule has 0 bridgehead atoms. The Bertz CT molecular complexity index is 153. The minimum absolute atomic E-state index is 0.719. The molecule has 6 nitrogen and oxygen atoms in total. The third-order valence-corrected chi connectivity index (χ3v) is 1.04. The van der Waals surface area contributed by atoms with Gasteiger partial charge in [-0.3, -0.25) is 8.74 Å². The molecule has 0 aromatic carbocycles. The Kier molecular flexibility index (Phi) is 9.60. The fraction of sp³-hybridized carbons (Fsp3) is 1.00. The van der Waals surface area contributed by atoms with E-state index in [-0.39, 0.29) is 0 Å². The summed E-state index contributed by atoms with van der Waals surface area (Å²) in [7, 11) is -3.29. The predicted octanol–water partition coefficient (Wildman–Crippen LogP) is -1.27. The van der Waals surface area contributed by atoms with Crippen molar-refractivity contribution in [3.05, 3.63) is 0 Å². The van der Waals surface area contributed by atoms with Gasteiger partial charge in [-0.05, 0) is 19.5 Å². The Hall–Kier alpha value is -0.210. The third kappa shape index (κ3) is 25.9. The van der Waals surface area contributed by atoms with Gasteiger partial charge >= 0.3 is 10.4 Å². The number of nitrogens with two attached hydrogens (primary N) is 2. The second-order valence-electron chi connectivity index (χ2n) is 1.53. The fourth-order valence-electron chi connectivity index (χ4n) is 0.118. The van der Waals surface area contributed by atoms with E-state index in [1.807, 2.05) is 0 Å². The lowest BCUT2D eigenvalue weighted by molar-refractivity contribution is 0.324. The maximum atomic E-state index is 9.33. The van der Waals surface area contributed by atoms with Crippen LogP contribution in [0.2, 0.25) is 0 Å². The highest BCUT2D eigenvalue weighted by Gasteiger charge is 1.93. The van der Waals surface area contributed by atoms with Crippen molar-refractivity contribution in [2.75, 3.05) is 20.2 Å². The summed E-state index contributed by atoms with van der Waals surface area (Å²) in [4.78, 5) is 0. The molecule has 7 heteroatoms. The minimum atomic E-state index is -4.16. The van der Waals surface area contributed by atoms with E-state index in [1.165, 1.54) is 0 Å². The first-order chi connectivity index (χ1) is 4.97. The van der Waals surface area contributed by atoms with Crippen molar-refractivity contribution in [1.82, 2.24) is 0 Å². The summed E-state index contributed by atoms with van der Waals surface area (Å²) in [5, 5.41) is 0. The van der Waals surface area contributed by atoms with Crippen molar-refractivity contribution in [2.24, 2.45) is 11.5 Å². The first-order valence-electron chi connectivity index (χ1n) is 2.91. The molecule has 0 aliphatic rings. The lowest BCUT2D eigenvalue weighted by Gasteiger charge is -1.82. The van der Waals surface area contributed by atoms with Gasteiger partial charge in [-0.1, -0.05) is 0 Å². The SMILES string of the molecule is COS(=O)(=O)O.NCCCN. The average molecular weight is 186 g/mol. The molecular weight excluding hydrogens is 172 g/mol. The topological polar surface area (TPSA) is 116 Å². The van der Waals surface area contributed by atoms with Crippen LogP contribution in [-0.2, 0) is 14.6 Å². The van der Waals surface area contributed by atoms with E-state index in [0.717, 1.165) is 26.6 Å². The minimum Gasteiger partial charge on any atom is -0.330 e. The van der Waals surface area contributed by atoms with Crippen molar-refractivity contribution >= 4 is 10.4 Å². The van der Waals surface area contributed by atoms with Gasteiger partial charge in [0, 0.05) is 0 Å². The zero-order valence-electron chi connectivity index (χ0n) is 6.36. The smallest absolute Gasteiger partial charge is 0.330 e. The summed E-state index contributed by atoms with van der Waals surface area (Å²) in [5.74, 6) is 0. The van der Waals surface area contributed by atoms with Crippen LogP contribution in [0.5, 0.6) is 0 Å². The molecule has 0 fully saturated rings. The van der Waals surface area contributed by atoms with Crippen LogP contribution < -0.4 is 11.5 Å². The number of hydrogen-bond donors (Lipinski definition) is 3. The van der Waals surface area contributed by atoms with E-state index in [9.17, 15) is 8.42 Å². The maximum Gasteiger partial charge on any atom is 0.397 e. The van der Waals surface area contributed by atoms with Crippen LogP contribution in [0.3, 0.4) is 0 Å². The van der Waals surface area contributed by atoms with Gasteiger partial charge in [0.2, 0.25) is 0 Å². The molecule has 0 radical (unpaired) electrons. The van der Waals surface area contributed by atoms with Crippen LogP contribution in [0.15, 0.2) is 0 Å². The molecule has 11 heavy (non-hydrogen) atoms. The Morgan fingerprint density at radius 3 is 1.64 bits per heavy atom. The highest BCUT2D eigenvalue weighted by molar-refractivity contribution is 7.80. The van der Waals surface area contributed by atoms with Crippen LogP contribution in [0, 0.1) is 0 Å². The highest BCUT2D eigenvalue weighted by Crippen LogP contribution is 1.74. The molecule has 0 unspecified atom stereocenters. The molecular formula is C4H14N2O4S. The normalized spacial score (nSPS) is 10.2. The predicted molar refractivity (Wildman–Crippen MR) is 41.3 cm³/mol. The number of rotatable bonds is 3. The molecule has 0 aromatic rings. The largest absolute Gasteiger partial charge is 0.397 e. The van der Waals surface area contributed by atoms with Crippen LogP contribution >= 0.6 is 0 Å². The number of hydrogen-bond acceptors (Lipinski definition) is 5. The zero-order valence-corrected chi connectivity index (χ0v) is 7.17. The van der Waals surface area contributed by atoms with Gasteiger partial charge in [0.15, 0.2) is 0 Å². The molecule has 0 saturated carbocycles. The Labute approximate surface area is 66.5 Å². The summed E-state index contributed by atoms with van der Waals surface area (Å²) in [6.45, 7) is 1.44. The molecule has 0 spiro atoms. The lowest BCUT2D eigenvalue weighted by atomic mass is 10.4. The molecule has 0 atom stereocenters. The second-order valence-corrected chi connectivity index (χ2v) is 2.71. The first kappa shape index (κ1) is 13.4.